The Bertz CT molecular complexity index is 1480. The van der Waals surface area contributed by atoms with Crippen molar-refractivity contribution in [3.05, 3.63) is 52.1 Å². The highest BCUT2D eigenvalue weighted by Crippen LogP contribution is 2.51. The van der Waals surface area contributed by atoms with E-state index < -0.39 is 23.8 Å². The van der Waals surface area contributed by atoms with Gasteiger partial charge < -0.3 is 23.8 Å². The fourth-order valence-corrected chi connectivity index (χ4v) is 7.12. The third kappa shape index (κ3) is 6.23. The van der Waals surface area contributed by atoms with E-state index in [9.17, 15) is 19.2 Å². The minimum atomic E-state index is -0.959. The first-order valence-corrected chi connectivity index (χ1v) is 16.3. The molecule has 7 rings (SSSR count). The lowest BCUT2D eigenvalue weighted by atomic mass is 9.61. The van der Waals surface area contributed by atoms with Gasteiger partial charge in [0, 0.05) is 60.2 Å². The average Bonchev–Trinajstić information content (AvgIpc) is 3.20. The Morgan fingerprint density at radius 1 is 0.889 bits per heavy atom. The highest BCUT2D eigenvalue weighted by Gasteiger charge is 2.53. The van der Waals surface area contributed by atoms with Crippen molar-refractivity contribution in [3.63, 3.8) is 0 Å². The van der Waals surface area contributed by atoms with Gasteiger partial charge in [0.25, 0.3) is 11.8 Å². The molecule has 4 heterocycles. The van der Waals surface area contributed by atoms with Gasteiger partial charge in [-0.15, -0.1) is 0 Å². The number of nitrogens with zero attached hydrogens (tertiary/aromatic N) is 3. The van der Waals surface area contributed by atoms with Gasteiger partial charge in [-0.1, -0.05) is 0 Å². The van der Waals surface area contributed by atoms with Gasteiger partial charge in [0.2, 0.25) is 17.7 Å². The molecule has 1 N–H and O–H groups in total. The number of ether oxygens (including phenoxy) is 4. The fraction of sp³-hybridized carbons (Fsp3) is 0.531. The van der Waals surface area contributed by atoms with Gasteiger partial charge >= 0.3 is 0 Å². The molecule has 1 aromatic heterocycles. The number of benzene rings is 1. The number of nitrogens with one attached hydrogen (secondary N) is 1. The lowest BCUT2D eigenvalue weighted by molar-refractivity contribution is -0.136. The molecule has 238 valence electrons. The third-order valence-electron chi connectivity index (χ3n) is 9.36. The summed E-state index contributed by atoms with van der Waals surface area (Å²) >= 11 is 3.37. The van der Waals surface area contributed by atoms with Crippen LogP contribution in [0.1, 0.15) is 59.2 Å². The van der Waals surface area contributed by atoms with Crippen molar-refractivity contribution in [1.29, 1.82) is 0 Å². The van der Waals surface area contributed by atoms with Crippen molar-refractivity contribution in [2.45, 2.75) is 62.9 Å². The lowest BCUT2D eigenvalue weighted by Gasteiger charge is -2.59. The molecule has 12 nitrogen and oxygen atoms in total. The number of aromatic nitrogens is 1. The van der Waals surface area contributed by atoms with Gasteiger partial charge in [0.15, 0.2) is 0 Å². The van der Waals surface area contributed by atoms with Crippen LogP contribution < -0.4 is 15.0 Å². The normalized spacial score (nSPS) is 25.5. The van der Waals surface area contributed by atoms with Crippen LogP contribution in [-0.4, -0.2) is 97.4 Å². The summed E-state index contributed by atoms with van der Waals surface area (Å²) in [6.07, 6.45) is 6.22. The average molecular weight is 684 g/mol. The Kier molecular flexibility index (Phi) is 8.36. The number of carbonyl (C=O) groups is 4. The summed E-state index contributed by atoms with van der Waals surface area (Å²) in [4.78, 5) is 57.4. The van der Waals surface area contributed by atoms with Gasteiger partial charge in [0.1, 0.15) is 12.1 Å². The SMILES string of the molecule is O=C1CCC(N2C(=O)c3ccc(N4CC5(CC(OCCOCCO[C@H]6C[C@H](Oc7ccc(Br)cn7)C6)C5)C4)cc3C2=O)C(=O)N1. The van der Waals surface area contributed by atoms with E-state index >= 15 is 0 Å². The van der Waals surface area contributed by atoms with Crippen LogP contribution in [0.4, 0.5) is 5.69 Å². The highest BCUT2D eigenvalue weighted by molar-refractivity contribution is 9.10. The van der Waals surface area contributed by atoms with Crippen LogP contribution in [0.25, 0.3) is 0 Å². The second kappa shape index (κ2) is 12.4. The predicted octanol–water partition coefficient (Wildman–Crippen LogP) is 2.87. The zero-order valence-electron chi connectivity index (χ0n) is 24.7. The van der Waals surface area contributed by atoms with E-state index in [-0.39, 0.29) is 42.5 Å². The number of hydrogen-bond donors (Lipinski definition) is 1. The first-order chi connectivity index (χ1) is 21.8. The van der Waals surface area contributed by atoms with Crippen molar-refractivity contribution in [2.24, 2.45) is 5.41 Å². The summed E-state index contributed by atoms with van der Waals surface area (Å²) in [5.74, 6) is -1.33. The molecular formula is C32H35BrN4O8. The van der Waals surface area contributed by atoms with Crippen LogP contribution in [0, 0.1) is 5.41 Å². The van der Waals surface area contributed by atoms with Gasteiger partial charge in [-0.25, -0.2) is 4.98 Å². The van der Waals surface area contributed by atoms with Crippen molar-refractivity contribution < 1.29 is 38.1 Å². The summed E-state index contributed by atoms with van der Waals surface area (Å²) in [6.45, 7) is 3.89. The number of hydrogen-bond acceptors (Lipinski definition) is 10. The molecule has 1 atom stereocenters. The number of fused-ring (bicyclic) bond motifs is 1. The zero-order chi connectivity index (χ0) is 31.1. The number of imide groups is 2. The van der Waals surface area contributed by atoms with Gasteiger partial charge in [-0.2, -0.15) is 0 Å². The van der Waals surface area contributed by atoms with Crippen LogP contribution >= 0.6 is 15.9 Å². The molecule has 1 unspecified atom stereocenters. The lowest BCUT2D eigenvalue weighted by Crippen LogP contribution is -2.64. The number of rotatable bonds is 12. The standard InChI is InChI=1S/C32H35BrN4O8/c33-19-1-6-28(34-16-19)45-22-12-21(13-22)43-9-7-42-8-10-44-23-14-32(15-23)17-36(18-32)20-2-3-24-25(11-20)31(41)37(30(24)40)26-4-5-27(38)35-29(26)39/h1-3,6,11,16,21-23,26H,4-5,7-10,12-15,17-18H2,(H,35,38,39)/t21-,22-,26?. The van der Waals surface area contributed by atoms with E-state index in [4.69, 9.17) is 18.9 Å². The molecule has 1 aromatic carbocycles. The quantitative estimate of drug-likeness (QED) is 0.263. The fourth-order valence-electron chi connectivity index (χ4n) is 6.89. The number of halogens is 1. The molecular weight excluding hydrogens is 648 g/mol. The van der Waals surface area contributed by atoms with E-state index in [0.29, 0.717) is 43.4 Å². The summed E-state index contributed by atoms with van der Waals surface area (Å²) in [5, 5.41) is 2.23. The van der Waals surface area contributed by atoms with Gasteiger partial charge in [-0.3, -0.25) is 29.4 Å². The van der Waals surface area contributed by atoms with E-state index in [2.05, 4.69) is 31.1 Å². The van der Waals surface area contributed by atoms with Crippen LogP contribution in [0.15, 0.2) is 41.0 Å². The predicted molar refractivity (Wildman–Crippen MR) is 163 cm³/mol. The van der Waals surface area contributed by atoms with Crippen LogP contribution in [0.5, 0.6) is 5.88 Å². The molecule has 13 heteroatoms. The minimum absolute atomic E-state index is 0.0997. The number of amides is 4. The maximum Gasteiger partial charge on any atom is 0.262 e. The molecule has 2 saturated heterocycles. The molecule has 2 aliphatic carbocycles. The molecule has 3 aliphatic heterocycles. The first-order valence-electron chi connectivity index (χ1n) is 15.5. The number of anilines is 1. The van der Waals surface area contributed by atoms with Crippen molar-refractivity contribution in [3.8, 4) is 5.88 Å². The monoisotopic (exact) mass is 682 g/mol. The van der Waals surface area contributed by atoms with E-state index in [1.165, 1.54) is 0 Å². The summed E-state index contributed by atoms with van der Waals surface area (Å²) in [5.41, 5.74) is 1.71. The number of pyridine rings is 1. The summed E-state index contributed by atoms with van der Waals surface area (Å²) in [7, 11) is 0. The van der Waals surface area contributed by atoms with Crippen LogP contribution in [0.3, 0.4) is 0 Å². The van der Waals surface area contributed by atoms with Crippen LogP contribution in [-0.2, 0) is 23.8 Å². The first kappa shape index (κ1) is 30.3. The second-order valence-corrected chi connectivity index (χ2v) is 13.5. The van der Waals surface area contributed by atoms with Gasteiger partial charge in [-0.05, 0) is 59.5 Å². The molecule has 4 amide bonds. The molecule has 1 spiro atoms. The zero-order valence-corrected chi connectivity index (χ0v) is 26.3. The molecule has 0 bridgehead atoms. The second-order valence-electron chi connectivity index (χ2n) is 12.6. The van der Waals surface area contributed by atoms with Crippen molar-refractivity contribution in [1.82, 2.24) is 15.2 Å². The maximum atomic E-state index is 13.1. The topological polar surface area (TPSA) is 137 Å². The van der Waals surface area contributed by atoms with Crippen molar-refractivity contribution >= 4 is 45.2 Å². The molecule has 2 saturated carbocycles. The van der Waals surface area contributed by atoms with E-state index in [1.54, 1.807) is 18.3 Å². The molecule has 0 radical (unpaired) electrons. The Morgan fingerprint density at radius 3 is 2.33 bits per heavy atom. The minimum Gasteiger partial charge on any atom is -0.474 e. The van der Waals surface area contributed by atoms with E-state index in [1.807, 2.05) is 18.2 Å². The largest absolute Gasteiger partial charge is 0.474 e. The van der Waals surface area contributed by atoms with E-state index in [0.717, 1.165) is 53.8 Å². The molecule has 45 heavy (non-hydrogen) atoms. The third-order valence-corrected chi connectivity index (χ3v) is 9.83. The summed E-state index contributed by atoms with van der Waals surface area (Å²) < 4.78 is 24.3. The highest BCUT2D eigenvalue weighted by atomic mass is 79.9. The maximum absolute atomic E-state index is 13.1. The Labute approximate surface area is 268 Å². The smallest absolute Gasteiger partial charge is 0.262 e. The Morgan fingerprint density at radius 2 is 1.62 bits per heavy atom. The number of piperidine rings is 1. The Hall–Kier alpha value is -3.39. The van der Waals surface area contributed by atoms with Crippen molar-refractivity contribution in [2.75, 3.05) is 44.4 Å². The molecule has 4 fully saturated rings. The molecule has 2 aromatic rings. The molecule has 5 aliphatic rings. The van der Waals surface area contributed by atoms with Crippen LogP contribution in [0.2, 0.25) is 0 Å². The summed E-state index contributed by atoms with van der Waals surface area (Å²) in [6, 6.07) is 8.08. The van der Waals surface area contributed by atoms with Gasteiger partial charge in [0.05, 0.1) is 49.8 Å². The number of carbonyl (C=O) groups excluding carboxylic acids is 4. The Balaban J connectivity index is 0.762.